The highest BCUT2D eigenvalue weighted by Gasteiger charge is 2.50. The van der Waals surface area contributed by atoms with E-state index in [1.165, 1.54) is 37.8 Å². The van der Waals surface area contributed by atoms with E-state index in [9.17, 15) is 4.79 Å². The Bertz CT molecular complexity index is 650. The molecule has 6 rings (SSSR count). The third-order valence-electron chi connectivity index (χ3n) is 7.81. The number of piperidine rings is 1. The highest BCUT2D eigenvalue weighted by Crippen LogP contribution is 2.56. The van der Waals surface area contributed by atoms with Gasteiger partial charge in [-0.1, -0.05) is 0 Å². The van der Waals surface area contributed by atoms with Crippen LogP contribution >= 0.6 is 0 Å². The van der Waals surface area contributed by atoms with Gasteiger partial charge in [0, 0.05) is 30.7 Å². The molecule has 1 amide bonds. The van der Waals surface area contributed by atoms with Crippen molar-refractivity contribution >= 4 is 11.6 Å². The Morgan fingerprint density at radius 3 is 2.11 bits per heavy atom. The lowest BCUT2D eigenvalue weighted by Crippen LogP contribution is -2.53. The predicted molar refractivity (Wildman–Crippen MR) is 107 cm³/mol. The fourth-order valence-electron chi connectivity index (χ4n) is 6.73. The summed E-state index contributed by atoms with van der Waals surface area (Å²) in [5.41, 5.74) is 1.25. The van der Waals surface area contributed by atoms with Crippen molar-refractivity contribution in [2.75, 3.05) is 25.1 Å². The molecule has 5 fully saturated rings. The summed E-state index contributed by atoms with van der Waals surface area (Å²) < 4.78 is 5.25. The molecule has 1 saturated heterocycles. The first-order chi connectivity index (χ1) is 13.2. The lowest BCUT2D eigenvalue weighted by atomic mass is 9.51. The summed E-state index contributed by atoms with van der Waals surface area (Å²) in [6.07, 6.45) is 8.82. The Morgan fingerprint density at radius 1 is 0.963 bits per heavy atom. The van der Waals surface area contributed by atoms with Gasteiger partial charge in [-0.25, -0.2) is 0 Å². The van der Waals surface area contributed by atoms with E-state index in [0.29, 0.717) is 29.7 Å². The highest BCUT2D eigenvalue weighted by molar-refractivity contribution is 5.80. The molecular weight excluding hydrogens is 336 g/mol. The Morgan fingerprint density at radius 2 is 1.56 bits per heavy atom. The number of carbonyl (C=O) groups excluding carboxylic acids is 1. The summed E-state index contributed by atoms with van der Waals surface area (Å²) in [5, 5.41) is 3.45. The molecule has 1 N–H and O–H groups in total. The van der Waals surface area contributed by atoms with Crippen LogP contribution in [-0.2, 0) is 4.79 Å². The molecule has 4 nitrogen and oxygen atoms in total. The van der Waals surface area contributed by atoms with E-state index in [-0.39, 0.29) is 0 Å². The fourth-order valence-corrected chi connectivity index (χ4v) is 6.73. The van der Waals surface area contributed by atoms with Crippen molar-refractivity contribution in [1.29, 1.82) is 0 Å². The first kappa shape index (κ1) is 17.4. The van der Waals surface area contributed by atoms with Crippen LogP contribution in [0.15, 0.2) is 24.3 Å². The number of hydrogen-bond acceptors (Lipinski definition) is 3. The summed E-state index contributed by atoms with van der Waals surface area (Å²) in [4.78, 5) is 15.5. The van der Waals surface area contributed by atoms with Crippen molar-refractivity contribution in [1.82, 2.24) is 5.32 Å². The molecule has 5 aliphatic rings. The van der Waals surface area contributed by atoms with Crippen LogP contribution in [0.4, 0.5) is 5.69 Å². The van der Waals surface area contributed by atoms with Gasteiger partial charge in [0.1, 0.15) is 5.75 Å². The molecule has 4 aliphatic carbocycles. The van der Waals surface area contributed by atoms with E-state index in [0.717, 1.165) is 43.5 Å². The number of rotatable bonds is 4. The minimum atomic E-state index is 0.317. The van der Waals surface area contributed by atoms with Crippen LogP contribution in [0.5, 0.6) is 5.75 Å². The number of hydrogen-bond donors (Lipinski definition) is 1. The van der Waals surface area contributed by atoms with Crippen LogP contribution in [-0.4, -0.2) is 32.1 Å². The van der Waals surface area contributed by atoms with Gasteiger partial charge in [0.25, 0.3) is 0 Å². The normalized spacial score (nSPS) is 35.3. The maximum Gasteiger partial charge on any atom is 0.223 e. The molecule has 1 aliphatic heterocycles. The van der Waals surface area contributed by atoms with Crippen molar-refractivity contribution in [3.05, 3.63) is 24.3 Å². The van der Waals surface area contributed by atoms with E-state index in [4.69, 9.17) is 4.74 Å². The van der Waals surface area contributed by atoms with E-state index in [1.54, 1.807) is 7.11 Å². The molecule has 0 unspecified atom stereocenters. The molecule has 0 radical (unpaired) electrons. The predicted octanol–water partition coefficient (Wildman–Crippen LogP) is 3.85. The van der Waals surface area contributed by atoms with Crippen molar-refractivity contribution in [2.45, 2.75) is 51.0 Å². The maximum atomic E-state index is 13.1. The van der Waals surface area contributed by atoms with Crippen molar-refractivity contribution in [3.63, 3.8) is 0 Å². The average Bonchev–Trinajstić information content (AvgIpc) is 2.68. The summed E-state index contributed by atoms with van der Waals surface area (Å²) in [7, 11) is 1.70. The van der Waals surface area contributed by atoms with Crippen LogP contribution in [0.3, 0.4) is 0 Å². The summed E-state index contributed by atoms with van der Waals surface area (Å²) >= 11 is 0. The SMILES string of the molecule is COc1ccc(N2CCC(NC(=O)C3C4CC5CC(C4)CC3C5)CC2)cc1. The number of amides is 1. The zero-order valence-corrected chi connectivity index (χ0v) is 16.4. The Balaban J connectivity index is 1.15. The Hall–Kier alpha value is -1.71. The Labute approximate surface area is 162 Å². The lowest BCUT2D eigenvalue weighted by molar-refractivity contribution is -0.139. The molecule has 146 valence electrons. The number of anilines is 1. The smallest absolute Gasteiger partial charge is 0.223 e. The number of methoxy groups -OCH3 is 1. The van der Waals surface area contributed by atoms with Gasteiger partial charge in [-0.05, 0) is 92.9 Å². The van der Waals surface area contributed by atoms with Crippen LogP contribution in [0.25, 0.3) is 0 Å². The zero-order chi connectivity index (χ0) is 18.4. The topological polar surface area (TPSA) is 41.6 Å². The molecule has 0 spiro atoms. The summed E-state index contributed by atoms with van der Waals surface area (Å²) in [5.74, 6) is 4.83. The first-order valence-corrected chi connectivity index (χ1v) is 10.9. The molecule has 4 saturated carbocycles. The number of carbonyl (C=O) groups is 1. The molecule has 1 aromatic rings. The van der Waals surface area contributed by atoms with Crippen molar-refractivity contribution in [3.8, 4) is 5.75 Å². The maximum absolute atomic E-state index is 13.1. The zero-order valence-electron chi connectivity index (χ0n) is 16.4. The van der Waals surface area contributed by atoms with Gasteiger partial charge < -0.3 is 15.0 Å². The number of nitrogens with zero attached hydrogens (tertiary/aromatic N) is 1. The molecule has 0 aromatic heterocycles. The second kappa shape index (κ2) is 7.03. The lowest BCUT2D eigenvalue weighted by Gasteiger charge is -2.53. The summed E-state index contributed by atoms with van der Waals surface area (Å²) in [6, 6.07) is 8.66. The largest absolute Gasteiger partial charge is 0.497 e. The van der Waals surface area contributed by atoms with Crippen LogP contribution in [0.2, 0.25) is 0 Å². The monoisotopic (exact) mass is 368 g/mol. The van der Waals surface area contributed by atoms with Gasteiger partial charge in [-0.3, -0.25) is 4.79 Å². The van der Waals surface area contributed by atoms with Gasteiger partial charge >= 0.3 is 0 Å². The molecule has 4 bridgehead atoms. The molecular formula is C23H32N2O2. The standard InChI is InChI=1S/C23H32N2O2/c1-27-21-4-2-20(3-5-21)25-8-6-19(7-9-25)24-23(26)22-17-11-15-10-16(13-17)14-18(22)12-15/h2-5,15-19,22H,6-14H2,1H3,(H,24,26). The van der Waals surface area contributed by atoms with Crippen LogP contribution in [0.1, 0.15) is 44.9 Å². The fraction of sp³-hybridized carbons (Fsp3) is 0.696. The average molecular weight is 369 g/mol. The van der Waals surface area contributed by atoms with Gasteiger partial charge in [0.05, 0.1) is 7.11 Å². The van der Waals surface area contributed by atoms with E-state index in [1.807, 2.05) is 12.1 Å². The van der Waals surface area contributed by atoms with E-state index >= 15 is 0 Å². The minimum absolute atomic E-state index is 0.317. The van der Waals surface area contributed by atoms with Crippen molar-refractivity contribution < 1.29 is 9.53 Å². The second-order valence-electron chi connectivity index (χ2n) is 9.42. The van der Waals surface area contributed by atoms with Gasteiger partial charge in [-0.15, -0.1) is 0 Å². The van der Waals surface area contributed by atoms with E-state index < -0.39 is 0 Å². The van der Waals surface area contributed by atoms with Crippen molar-refractivity contribution in [2.24, 2.45) is 29.6 Å². The van der Waals surface area contributed by atoms with Crippen LogP contribution in [0, 0.1) is 29.6 Å². The highest BCUT2D eigenvalue weighted by atomic mass is 16.5. The minimum Gasteiger partial charge on any atom is -0.497 e. The van der Waals surface area contributed by atoms with Gasteiger partial charge in [0.2, 0.25) is 5.91 Å². The number of benzene rings is 1. The molecule has 0 atom stereocenters. The van der Waals surface area contributed by atoms with Gasteiger partial charge in [-0.2, -0.15) is 0 Å². The second-order valence-corrected chi connectivity index (χ2v) is 9.42. The number of ether oxygens (including phenoxy) is 1. The third kappa shape index (κ3) is 3.32. The molecule has 27 heavy (non-hydrogen) atoms. The molecule has 1 aromatic carbocycles. The molecule has 1 heterocycles. The van der Waals surface area contributed by atoms with Crippen LogP contribution < -0.4 is 15.0 Å². The molecule has 4 heteroatoms. The van der Waals surface area contributed by atoms with Gasteiger partial charge in [0.15, 0.2) is 0 Å². The third-order valence-corrected chi connectivity index (χ3v) is 7.81. The Kier molecular flexibility index (Phi) is 4.53. The summed E-state index contributed by atoms with van der Waals surface area (Å²) in [6.45, 7) is 2.03. The quantitative estimate of drug-likeness (QED) is 0.878. The number of nitrogens with one attached hydrogen (secondary N) is 1. The first-order valence-electron chi connectivity index (χ1n) is 10.9. The van der Waals surface area contributed by atoms with E-state index in [2.05, 4.69) is 22.3 Å².